The molecule has 2 heteroatoms. The molecule has 1 aliphatic carbocycles. The Balaban J connectivity index is 1.74. The topological polar surface area (TPSA) is 23.5 Å². The van der Waals surface area contributed by atoms with Gasteiger partial charge in [-0.3, -0.25) is 0 Å². The lowest BCUT2D eigenvalue weighted by molar-refractivity contribution is 0.0596. The van der Waals surface area contributed by atoms with Gasteiger partial charge in [-0.25, -0.2) is 0 Å². The molecule has 0 aromatic carbocycles. The van der Waals surface area contributed by atoms with E-state index >= 15 is 0 Å². The summed E-state index contributed by atoms with van der Waals surface area (Å²) >= 11 is 0. The molecule has 1 saturated carbocycles. The summed E-state index contributed by atoms with van der Waals surface area (Å²) in [5.41, 5.74) is -0.488. The van der Waals surface area contributed by atoms with Gasteiger partial charge in [0, 0.05) is 19.6 Å². The van der Waals surface area contributed by atoms with Crippen molar-refractivity contribution in [2.24, 2.45) is 11.8 Å². The Labute approximate surface area is 87.3 Å². The lowest BCUT2D eigenvalue weighted by Gasteiger charge is -2.22. The minimum Gasteiger partial charge on any atom is -0.390 e. The van der Waals surface area contributed by atoms with Crippen molar-refractivity contribution in [2.75, 3.05) is 19.6 Å². The highest BCUT2D eigenvalue weighted by Crippen LogP contribution is 2.37. The Morgan fingerprint density at radius 1 is 1.21 bits per heavy atom. The van der Waals surface area contributed by atoms with Crippen LogP contribution in [0.1, 0.15) is 39.5 Å². The third kappa shape index (κ3) is 2.48. The molecule has 0 bridgehead atoms. The number of nitrogens with zero attached hydrogens (tertiary/aromatic N) is 1. The fourth-order valence-corrected chi connectivity index (χ4v) is 2.95. The van der Waals surface area contributed by atoms with Crippen molar-refractivity contribution in [3.63, 3.8) is 0 Å². The van der Waals surface area contributed by atoms with Crippen molar-refractivity contribution in [3.8, 4) is 0 Å². The molecule has 0 amide bonds. The van der Waals surface area contributed by atoms with Crippen LogP contribution in [0.15, 0.2) is 0 Å². The Morgan fingerprint density at radius 3 is 2.29 bits per heavy atom. The highest BCUT2D eigenvalue weighted by Gasteiger charge is 2.35. The van der Waals surface area contributed by atoms with Gasteiger partial charge in [-0.05, 0) is 44.9 Å². The number of aliphatic hydroxyl groups is 1. The Morgan fingerprint density at radius 2 is 1.79 bits per heavy atom. The van der Waals surface area contributed by atoms with Gasteiger partial charge in [0.2, 0.25) is 0 Å². The van der Waals surface area contributed by atoms with Crippen molar-refractivity contribution in [1.82, 2.24) is 4.90 Å². The van der Waals surface area contributed by atoms with Crippen molar-refractivity contribution >= 4 is 0 Å². The summed E-state index contributed by atoms with van der Waals surface area (Å²) in [6.07, 6.45) is 5.26. The lowest BCUT2D eigenvalue weighted by atomic mass is 10.0. The van der Waals surface area contributed by atoms with Crippen molar-refractivity contribution in [2.45, 2.75) is 45.1 Å². The van der Waals surface area contributed by atoms with E-state index in [1.165, 1.54) is 32.4 Å². The molecule has 0 aromatic rings. The summed E-state index contributed by atoms with van der Waals surface area (Å²) in [7, 11) is 0. The van der Waals surface area contributed by atoms with Crippen LogP contribution in [-0.4, -0.2) is 35.2 Å². The van der Waals surface area contributed by atoms with Crippen molar-refractivity contribution < 1.29 is 5.11 Å². The van der Waals surface area contributed by atoms with Crippen LogP contribution in [0.3, 0.4) is 0 Å². The Bertz CT molecular complexity index is 185. The van der Waals surface area contributed by atoms with Gasteiger partial charge in [0.25, 0.3) is 0 Å². The molecule has 1 saturated heterocycles. The van der Waals surface area contributed by atoms with E-state index in [9.17, 15) is 5.11 Å². The van der Waals surface area contributed by atoms with Crippen LogP contribution < -0.4 is 0 Å². The molecule has 2 rings (SSSR count). The highest BCUT2D eigenvalue weighted by molar-refractivity contribution is 4.88. The first-order valence-electron chi connectivity index (χ1n) is 5.99. The molecule has 2 unspecified atom stereocenters. The zero-order valence-electron chi connectivity index (χ0n) is 9.50. The van der Waals surface area contributed by atoms with Gasteiger partial charge in [0.15, 0.2) is 0 Å². The van der Waals surface area contributed by atoms with E-state index in [1.54, 1.807) is 0 Å². The molecular formula is C12H23NO. The van der Waals surface area contributed by atoms with Gasteiger partial charge in [-0.15, -0.1) is 0 Å². The molecule has 14 heavy (non-hydrogen) atoms. The first-order chi connectivity index (χ1) is 6.54. The van der Waals surface area contributed by atoms with Crippen LogP contribution in [0.4, 0.5) is 0 Å². The number of hydrogen-bond donors (Lipinski definition) is 1. The zero-order valence-corrected chi connectivity index (χ0v) is 9.50. The molecular weight excluding hydrogens is 174 g/mol. The molecule has 1 aliphatic heterocycles. The fourth-order valence-electron chi connectivity index (χ4n) is 2.95. The van der Waals surface area contributed by atoms with Gasteiger partial charge >= 0.3 is 0 Å². The third-order valence-electron chi connectivity index (χ3n) is 3.84. The molecule has 0 aromatic heterocycles. The average molecular weight is 197 g/mol. The average Bonchev–Trinajstić information content (AvgIpc) is 2.56. The van der Waals surface area contributed by atoms with E-state index in [2.05, 4.69) is 4.90 Å². The Hall–Kier alpha value is -0.0800. The van der Waals surface area contributed by atoms with Gasteiger partial charge in [0.05, 0.1) is 5.60 Å². The first-order valence-corrected chi connectivity index (χ1v) is 5.99. The fraction of sp³-hybridized carbons (Fsp3) is 1.00. The number of hydrogen-bond acceptors (Lipinski definition) is 2. The Kier molecular flexibility index (Phi) is 2.85. The highest BCUT2D eigenvalue weighted by atomic mass is 16.3. The standard InChI is InChI=1S/C12H23NO/c1-12(2,14)6-7-13-8-10-4-3-5-11(10)9-13/h10-11,14H,3-9H2,1-2H3. The normalized spacial score (nSPS) is 33.6. The minimum absolute atomic E-state index is 0.488. The largest absolute Gasteiger partial charge is 0.390 e. The second-order valence-corrected chi connectivity index (χ2v) is 5.77. The second-order valence-electron chi connectivity index (χ2n) is 5.77. The smallest absolute Gasteiger partial charge is 0.0603 e. The van der Waals surface area contributed by atoms with Crippen LogP contribution >= 0.6 is 0 Å². The van der Waals surface area contributed by atoms with Crippen LogP contribution in [0.2, 0.25) is 0 Å². The maximum atomic E-state index is 9.65. The van der Waals surface area contributed by atoms with E-state index < -0.39 is 5.60 Å². The monoisotopic (exact) mass is 197 g/mol. The second kappa shape index (κ2) is 3.82. The molecule has 0 spiro atoms. The summed E-state index contributed by atoms with van der Waals surface area (Å²) in [5.74, 6) is 1.97. The summed E-state index contributed by atoms with van der Waals surface area (Å²) in [4.78, 5) is 2.55. The van der Waals surface area contributed by atoms with Gasteiger partial charge in [-0.2, -0.15) is 0 Å². The minimum atomic E-state index is -0.488. The van der Waals surface area contributed by atoms with Crippen LogP contribution in [0, 0.1) is 11.8 Å². The van der Waals surface area contributed by atoms with Gasteiger partial charge in [0.1, 0.15) is 0 Å². The molecule has 2 fully saturated rings. The molecule has 2 atom stereocenters. The molecule has 2 aliphatic rings. The predicted octanol–water partition coefficient (Wildman–Crippen LogP) is 1.88. The van der Waals surface area contributed by atoms with Crippen LogP contribution in [0.5, 0.6) is 0 Å². The number of likely N-dealkylation sites (tertiary alicyclic amines) is 1. The van der Waals surface area contributed by atoms with Crippen LogP contribution in [0.25, 0.3) is 0 Å². The summed E-state index contributed by atoms with van der Waals surface area (Å²) in [5, 5.41) is 9.65. The molecule has 1 heterocycles. The van der Waals surface area contributed by atoms with Crippen LogP contribution in [-0.2, 0) is 0 Å². The summed E-state index contributed by atoms with van der Waals surface area (Å²) in [6.45, 7) is 7.48. The van der Waals surface area contributed by atoms with E-state index in [-0.39, 0.29) is 0 Å². The van der Waals surface area contributed by atoms with E-state index in [4.69, 9.17) is 0 Å². The van der Waals surface area contributed by atoms with E-state index in [0.717, 1.165) is 24.8 Å². The molecule has 1 N–H and O–H groups in total. The van der Waals surface area contributed by atoms with Gasteiger partial charge in [-0.1, -0.05) is 6.42 Å². The van der Waals surface area contributed by atoms with Crippen molar-refractivity contribution in [1.29, 1.82) is 0 Å². The number of fused-ring (bicyclic) bond motifs is 1. The zero-order chi connectivity index (χ0) is 10.2. The van der Waals surface area contributed by atoms with Crippen molar-refractivity contribution in [3.05, 3.63) is 0 Å². The molecule has 82 valence electrons. The molecule has 0 radical (unpaired) electrons. The first kappa shape index (κ1) is 10.4. The maximum Gasteiger partial charge on any atom is 0.0603 e. The summed E-state index contributed by atoms with van der Waals surface area (Å²) in [6, 6.07) is 0. The third-order valence-corrected chi connectivity index (χ3v) is 3.84. The maximum absolute atomic E-state index is 9.65. The van der Waals surface area contributed by atoms with E-state index in [0.29, 0.717) is 0 Å². The SMILES string of the molecule is CC(C)(O)CCN1CC2CCCC2C1. The van der Waals surface area contributed by atoms with E-state index in [1.807, 2.05) is 13.8 Å². The predicted molar refractivity (Wildman–Crippen MR) is 58.2 cm³/mol. The number of rotatable bonds is 3. The molecule has 2 nitrogen and oxygen atoms in total. The van der Waals surface area contributed by atoms with Gasteiger partial charge < -0.3 is 10.0 Å². The lowest BCUT2D eigenvalue weighted by Crippen LogP contribution is -2.30. The quantitative estimate of drug-likeness (QED) is 0.746. The summed E-state index contributed by atoms with van der Waals surface area (Å²) < 4.78 is 0.